The lowest BCUT2D eigenvalue weighted by Gasteiger charge is -2.30. The van der Waals surface area contributed by atoms with Crippen LogP contribution in [0.15, 0.2) is 84.2 Å². The van der Waals surface area contributed by atoms with Gasteiger partial charge in [-0.25, -0.2) is 9.97 Å². The maximum absolute atomic E-state index is 12.8. The first-order valence-electron chi connectivity index (χ1n) is 10.9. The molecule has 0 aliphatic rings. The van der Waals surface area contributed by atoms with Crippen molar-refractivity contribution in [3.8, 4) is 23.5 Å². The Kier molecular flexibility index (Phi) is 5.52. The van der Waals surface area contributed by atoms with Crippen LogP contribution in [0.25, 0.3) is 22.2 Å². The van der Waals surface area contributed by atoms with Gasteiger partial charge in [0.05, 0.1) is 18.2 Å². The molecule has 6 nitrogen and oxygen atoms in total. The average molecular weight is 481 g/mol. The molecular formula is C28H21ClN4O2. The van der Waals surface area contributed by atoms with Crippen molar-refractivity contribution in [1.82, 2.24) is 19.1 Å². The summed E-state index contributed by atoms with van der Waals surface area (Å²) < 4.78 is 3.25. The molecule has 1 N–H and O–H groups in total. The molecule has 2 aromatic carbocycles. The van der Waals surface area contributed by atoms with E-state index in [1.54, 1.807) is 60.7 Å². The minimum atomic E-state index is -1.58. The number of aryl methyl sites for hydroxylation is 2. The molecule has 0 saturated heterocycles. The predicted molar refractivity (Wildman–Crippen MR) is 137 cm³/mol. The van der Waals surface area contributed by atoms with E-state index in [-0.39, 0.29) is 5.56 Å². The number of benzene rings is 2. The fourth-order valence-electron chi connectivity index (χ4n) is 4.40. The molecule has 172 valence electrons. The number of pyridine rings is 2. The summed E-state index contributed by atoms with van der Waals surface area (Å²) in [5.74, 6) is 2.64. The van der Waals surface area contributed by atoms with Gasteiger partial charge in [-0.1, -0.05) is 41.8 Å². The van der Waals surface area contributed by atoms with Crippen molar-refractivity contribution in [2.45, 2.75) is 5.60 Å². The number of terminal acetylenes is 1. The van der Waals surface area contributed by atoms with Crippen LogP contribution in [0.3, 0.4) is 0 Å². The van der Waals surface area contributed by atoms with Gasteiger partial charge in [0.2, 0.25) is 0 Å². The molecule has 35 heavy (non-hydrogen) atoms. The van der Waals surface area contributed by atoms with Gasteiger partial charge < -0.3 is 9.67 Å². The standard InChI is InChI=1S/C28H21ClN4O2/c1-4-18-6-5-7-19(12-18)23-14-26(34)33(3)27-24(23)13-21(15-31-27)28(35,25-16-30-17-32(25)2)20-8-10-22(29)11-9-20/h1,5-17,35H,2-3H3. The summed E-state index contributed by atoms with van der Waals surface area (Å²) in [6.07, 6.45) is 10.4. The molecule has 5 aromatic rings. The average Bonchev–Trinajstić information content (AvgIpc) is 3.32. The molecule has 0 radical (unpaired) electrons. The van der Waals surface area contributed by atoms with Gasteiger partial charge in [0, 0.05) is 47.9 Å². The van der Waals surface area contributed by atoms with Gasteiger partial charge in [0.25, 0.3) is 5.56 Å². The Morgan fingerprint density at radius 1 is 1.03 bits per heavy atom. The topological polar surface area (TPSA) is 72.9 Å². The third-order valence-corrected chi connectivity index (χ3v) is 6.53. The molecule has 1 atom stereocenters. The lowest BCUT2D eigenvalue weighted by atomic mass is 9.83. The van der Waals surface area contributed by atoms with E-state index < -0.39 is 5.60 Å². The van der Waals surface area contributed by atoms with Crippen molar-refractivity contribution in [1.29, 1.82) is 0 Å². The Morgan fingerprint density at radius 2 is 1.80 bits per heavy atom. The van der Waals surface area contributed by atoms with Crippen LogP contribution in [0.1, 0.15) is 22.4 Å². The SMILES string of the molecule is C#Cc1cccc(-c2cc(=O)n(C)c3ncc(C(O)(c4ccc(Cl)cc4)c4cncn4C)cc23)c1. The zero-order valence-electron chi connectivity index (χ0n) is 19.1. The number of fused-ring (bicyclic) bond motifs is 1. The van der Waals surface area contributed by atoms with Crippen molar-refractivity contribution in [3.63, 3.8) is 0 Å². The number of rotatable bonds is 4. The van der Waals surface area contributed by atoms with Gasteiger partial charge in [-0.15, -0.1) is 6.42 Å². The van der Waals surface area contributed by atoms with Gasteiger partial charge in [0.1, 0.15) is 5.65 Å². The van der Waals surface area contributed by atoms with Gasteiger partial charge in [-0.2, -0.15) is 0 Å². The number of imidazole rings is 1. The van der Waals surface area contributed by atoms with Crippen LogP contribution in [-0.4, -0.2) is 24.2 Å². The summed E-state index contributed by atoms with van der Waals surface area (Å²) in [4.78, 5) is 21.6. The van der Waals surface area contributed by atoms with E-state index in [1.165, 1.54) is 4.57 Å². The molecule has 3 aromatic heterocycles. The maximum atomic E-state index is 12.8. The number of aliphatic hydroxyl groups is 1. The minimum absolute atomic E-state index is 0.196. The molecule has 0 fully saturated rings. The summed E-state index contributed by atoms with van der Waals surface area (Å²) in [5, 5.41) is 13.5. The zero-order chi connectivity index (χ0) is 24.7. The lowest BCUT2D eigenvalue weighted by Crippen LogP contribution is -2.31. The Morgan fingerprint density at radius 3 is 2.49 bits per heavy atom. The Bertz CT molecular complexity index is 1680. The van der Waals surface area contributed by atoms with Crippen LogP contribution in [0.2, 0.25) is 5.02 Å². The second-order valence-electron chi connectivity index (χ2n) is 8.38. The number of halogens is 1. The van der Waals surface area contributed by atoms with Gasteiger partial charge >= 0.3 is 0 Å². The van der Waals surface area contributed by atoms with Crippen LogP contribution >= 0.6 is 11.6 Å². The summed E-state index contributed by atoms with van der Waals surface area (Å²) in [7, 11) is 3.49. The van der Waals surface area contributed by atoms with Crippen LogP contribution in [0, 0.1) is 12.3 Å². The van der Waals surface area contributed by atoms with Crippen molar-refractivity contribution >= 4 is 22.6 Å². The monoisotopic (exact) mass is 480 g/mol. The van der Waals surface area contributed by atoms with Gasteiger partial charge in [-0.3, -0.25) is 9.36 Å². The number of hydrogen-bond acceptors (Lipinski definition) is 4. The van der Waals surface area contributed by atoms with Crippen molar-refractivity contribution in [2.24, 2.45) is 14.1 Å². The smallest absolute Gasteiger partial charge is 0.252 e. The molecule has 0 saturated carbocycles. The van der Waals surface area contributed by atoms with E-state index in [0.717, 1.165) is 5.56 Å². The Hall–Kier alpha value is -4.18. The molecular weight excluding hydrogens is 460 g/mol. The quantitative estimate of drug-likeness (QED) is 0.390. The van der Waals surface area contributed by atoms with Crippen LogP contribution in [-0.2, 0) is 19.7 Å². The molecule has 0 aliphatic carbocycles. The molecule has 3 heterocycles. The van der Waals surface area contributed by atoms with Crippen molar-refractivity contribution < 1.29 is 5.11 Å². The Labute approximate surface area is 207 Å². The molecule has 1 unspecified atom stereocenters. The summed E-state index contributed by atoms with van der Waals surface area (Å²) >= 11 is 6.13. The van der Waals surface area contributed by atoms with Crippen LogP contribution in [0.5, 0.6) is 0 Å². The van der Waals surface area contributed by atoms with Gasteiger partial charge in [0.15, 0.2) is 5.60 Å². The molecule has 7 heteroatoms. The van der Waals surface area contributed by atoms with Crippen LogP contribution < -0.4 is 5.56 Å². The first-order chi connectivity index (χ1) is 16.8. The van der Waals surface area contributed by atoms with E-state index in [9.17, 15) is 9.90 Å². The van der Waals surface area contributed by atoms with E-state index >= 15 is 0 Å². The highest BCUT2D eigenvalue weighted by atomic mass is 35.5. The number of nitrogens with zero attached hydrogens (tertiary/aromatic N) is 4. The minimum Gasteiger partial charge on any atom is -0.374 e. The number of aromatic nitrogens is 4. The fraction of sp³-hybridized carbons (Fsp3) is 0.107. The van der Waals surface area contributed by atoms with Crippen molar-refractivity contribution in [2.75, 3.05) is 0 Å². The summed E-state index contributed by atoms with van der Waals surface area (Å²) in [6.45, 7) is 0. The zero-order valence-corrected chi connectivity index (χ0v) is 19.9. The highest BCUT2D eigenvalue weighted by Crippen LogP contribution is 2.38. The van der Waals surface area contributed by atoms with E-state index in [4.69, 9.17) is 18.0 Å². The van der Waals surface area contributed by atoms with Crippen molar-refractivity contribution in [3.05, 3.63) is 117 Å². The fourth-order valence-corrected chi connectivity index (χ4v) is 4.52. The van der Waals surface area contributed by atoms with E-state index in [1.807, 2.05) is 37.4 Å². The molecule has 0 amide bonds. The third-order valence-electron chi connectivity index (χ3n) is 6.28. The highest BCUT2D eigenvalue weighted by Gasteiger charge is 2.37. The van der Waals surface area contributed by atoms with Crippen LogP contribution in [0.4, 0.5) is 0 Å². The highest BCUT2D eigenvalue weighted by molar-refractivity contribution is 6.30. The maximum Gasteiger partial charge on any atom is 0.252 e. The second-order valence-corrected chi connectivity index (χ2v) is 8.82. The molecule has 5 rings (SSSR count). The third kappa shape index (κ3) is 3.71. The van der Waals surface area contributed by atoms with Gasteiger partial charge in [-0.05, 0) is 47.0 Å². The Balaban J connectivity index is 1.84. The van der Waals surface area contributed by atoms with E-state index in [2.05, 4.69) is 15.9 Å². The number of hydrogen-bond donors (Lipinski definition) is 1. The second kappa shape index (κ2) is 8.55. The molecule has 0 aliphatic heterocycles. The first kappa shape index (κ1) is 22.6. The molecule has 0 bridgehead atoms. The summed E-state index contributed by atoms with van der Waals surface area (Å²) in [6, 6.07) is 17.9. The predicted octanol–water partition coefficient (Wildman–Crippen LogP) is 4.25. The largest absolute Gasteiger partial charge is 0.374 e. The normalized spacial score (nSPS) is 12.9. The molecule has 0 spiro atoms. The lowest BCUT2D eigenvalue weighted by molar-refractivity contribution is 0.117. The first-order valence-corrected chi connectivity index (χ1v) is 11.2. The summed E-state index contributed by atoms with van der Waals surface area (Å²) in [5.41, 5.74) is 2.56. The van der Waals surface area contributed by atoms with E-state index in [0.29, 0.717) is 44.0 Å².